The second kappa shape index (κ2) is 14.2. The number of fused-ring (bicyclic) bond motifs is 5. The first-order valence-electron chi connectivity index (χ1n) is 18.9. The molecular formula is C43H32O21. The van der Waals surface area contributed by atoms with Crippen molar-refractivity contribution in [3.05, 3.63) is 93.6 Å². The molecule has 0 fully saturated rings. The Bertz CT molecular complexity index is 2890. The van der Waals surface area contributed by atoms with E-state index in [9.17, 15) is 80.8 Å². The van der Waals surface area contributed by atoms with Gasteiger partial charge in [0.05, 0.1) is 11.1 Å². The minimum absolute atomic E-state index is 0.000429. The van der Waals surface area contributed by atoms with Gasteiger partial charge < -0.3 is 90.1 Å². The molecule has 330 valence electrons. The van der Waals surface area contributed by atoms with Gasteiger partial charge in [-0.2, -0.15) is 0 Å². The molecule has 21 nitrogen and oxygen atoms in total. The quantitative estimate of drug-likeness (QED) is 0.0860. The maximum Gasteiger partial charge on any atom is 0.338 e. The van der Waals surface area contributed by atoms with Crippen LogP contribution >= 0.6 is 0 Å². The molecule has 1 aliphatic carbocycles. The molecule has 0 saturated carbocycles. The molecular weight excluding hydrogens is 852 g/mol. The standard InChI is InChI=1S/C43H32O21/c44-15-5-21(46)17-10-30(62-41(57)13-1-23(48)35(54)24(49)2-13)38(60-28(17)7-15)19-9-27(52)37(56)40-33(19)34-20(12-32(53)43(34,59)64-40)39-31(11-18-22(47)6-16(45)8-29(18)61-39)63-42(58)14-3-25(50)36(55)26(51)4-14/h1-9,30-31,38-39,44-52,54-56,59H,10-12H2/t30-,31-,38-,39-,43?/m1/s1. The van der Waals surface area contributed by atoms with E-state index >= 15 is 0 Å². The minimum Gasteiger partial charge on any atom is -0.508 e. The van der Waals surface area contributed by atoms with Crippen LogP contribution in [0.5, 0.6) is 86.2 Å². The molecule has 1 unspecified atom stereocenters. The van der Waals surface area contributed by atoms with E-state index in [1.165, 1.54) is 0 Å². The first-order chi connectivity index (χ1) is 30.2. The summed E-state index contributed by atoms with van der Waals surface area (Å²) in [6.07, 6.45) is -8.04. The third-order valence-electron chi connectivity index (χ3n) is 11.3. The zero-order valence-electron chi connectivity index (χ0n) is 32.2. The lowest BCUT2D eigenvalue weighted by Crippen LogP contribution is -2.42. The van der Waals surface area contributed by atoms with Crippen molar-refractivity contribution >= 4 is 23.3 Å². The largest absolute Gasteiger partial charge is 0.508 e. The summed E-state index contributed by atoms with van der Waals surface area (Å²) in [6, 6.07) is 8.16. The number of benzene rings is 5. The number of rotatable bonds is 6. The van der Waals surface area contributed by atoms with Crippen LogP contribution in [0.4, 0.5) is 0 Å². The van der Waals surface area contributed by atoms with Gasteiger partial charge in [-0.1, -0.05) is 0 Å². The zero-order valence-corrected chi connectivity index (χ0v) is 32.2. The number of hydrogen-bond donors (Lipinski definition) is 13. The molecule has 5 atom stereocenters. The lowest BCUT2D eigenvalue weighted by Gasteiger charge is -2.36. The Hall–Kier alpha value is -8.59. The van der Waals surface area contributed by atoms with Gasteiger partial charge in [-0.25, -0.2) is 9.59 Å². The summed E-state index contributed by atoms with van der Waals surface area (Å²) < 4.78 is 29.8. The van der Waals surface area contributed by atoms with Crippen molar-refractivity contribution in [2.75, 3.05) is 0 Å². The fourth-order valence-corrected chi connectivity index (χ4v) is 8.32. The molecule has 13 N–H and O–H groups in total. The smallest absolute Gasteiger partial charge is 0.338 e. The fourth-order valence-electron chi connectivity index (χ4n) is 8.32. The summed E-state index contributed by atoms with van der Waals surface area (Å²) in [5, 5.41) is 137. The van der Waals surface area contributed by atoms with Crippen molar-refractivity contribution in [3.63, 3.8) is 0 Å². The maximum absolute atomic E-state index is 14.0. The van der Waals surface area contributed by atoms with Gasteiger partial charge >= 0.3 is 11.9 Å². The Morgan fingerprint density at radius 3 is 1.48 bits per heavy atom. The Kier molecular flexibility index (Phi) is 9.08. The van der Waals surface area contributed by atoms with E-state index in [1.807, 2.05) is 0 Å². The summed E-state index contributed by atoms with van der Waals surface area (Å²) in [6.45, 7) is 0. The molecule has 5 aromatic carbocycles. The number of aliphatic hydroxyl groups is 1. The molecule has 0 radical (unpaired) electrons. The van der Waals surface area contributed by atoms with Gasteiger partial charge in [0.1, 0.15) is 46.7 Å². The van der Waals surface area contributed by atoms with Crippen molar-refractivity contribution in [2.45, 2.75) is 49.5 Å². The third kappa shape index (κ3) is 6.32. The highest BCUT2D eigenvalue weighted by atomic mass is 16.6. The summed E-state index contributed by atoms with van der Waals surface area (Å²) >= 11 is 0. The van der Waals surface area contributed by atoms with Gasteiger partial charge in [0.15, 0.2) is 58.2 Å². The van der Waals surface area contributed by atoms with Crippen molar-refractivity contribution < 1.29 is 104 Å². The fraction of sp³-hybridized carbons (Fsp3) is 0.186. The average molecular weight is 885 g/mol. The van der Waals surface area contributed by atoms with Crippen LogP contribution < -0.4 is 14.2 Å². The second-order valence-corrected chi connectivity index (χ2v) is 15.3. The van der Waals surface area contributed by atoms with Crippen LogP contribution in [-0.4, -0.2) is 108 Å². The lowest BCUT2D eigenvalue weighted by molar-refractivity contribution is -0.150. The van der Waals surface area contributed by atoms with Crippen LogP contribution in [-0.2, 0) is 27.1 Å². The highest BCUT2D eigenvalue weighted by molar-refractivity contribution is 6.11. The molecule has 0 bridgehead atoms. The highest BCUT2D eigenvalue weighted by Gasteiger charge is 2.60. The normalized spacial score (nSPS) is 21.7. The number of ether oxygens (including phenoxy) is 5. The van der Waals surface area contributed by atoms with Crippen LogP contribution in [0, 0.1) is 0 Å². The number of phenols is 12. The van der Waals surface area contributed by atoms with Gasteiger partial charge in [0.25, 0.3) is 5.79 Å². The van der Waals surface area contributed by atoms with Crippen LogP contribution in [0.1, 0.15) is 55.5 Å². The molecule has 0 spiro atoms. The number of carbonyl (C=O) groups excluding carboxylic acids is 3. The van der Waals surface area contributed by atoms with E-state index in [4.69, 9.17) is 23.7 Å². The summed E-state index contributed by atoms with van der Waals surface area (Å²) in [7, 11) is 0. The van der Waals surface area contributed by atoms with Crippen molar-refractivity contribution in [2.24, 2.45) is 0 Å². The van der Waals surface area contributed by atoms with Crippen molar-refractivity contribution in [3.8, 4) is 86.2 Å². The van der Waals surface area contributed by atoms with Crippen LogP contribution in [0.25, 0.3) is 5.57 Å². The molecule has 5 aromatic rings. The molecule has 9 rings (SSSR count). The number of hydrogen-bond acceptors (Lipinski definition) is 21. The first kappa shape index (κ1) is 40.8. The average Bonchev–Trinajstić information content (AvgIpc) is 3.68. The summed E-state index contributed by atoms with van der Waals surface area (Å²) in [5.41, 5.74) is -2.26. The molecule has 4 aliphatic rings. The molecule has 3 heterocycles. The Labute approximate surface area is 356 Å². The van der Waals surface area contributed by atoms with Crippen molar-refractivity contribution in [1.29, 1.82) is 0 Å². The van der Waals surface area contributed by atoms with Gasteiger partial charge in [-0.15, -0.1) is 0 Å². The molecule has 64 heavy (non-hydrogen) atoms. The van der Waals surface area contributed by atoms with Gasteiger partial charge in [-0.05, 0) is 35.9 Å². The van der Waals surface area contributed by atoms with E-state index in [2.05, 4.69) is 0 Å². The Morgan fingerprint density at radius 2 is 1.00 bits per heavy atom. The Morgan fingerprint density at radius 1 is 0.562 bits per heavy atom. The van der Waals surface area contributed by atoms with E-state index < -0.39 is 159 Å². The second-order valence-electron chi connectivity index (χ2n) is 15.3. The number of carbonyl (C=O) groups is 3. The summed E-state index contributed by atoms with van der Waals surface area (Å²) in [4.78, 5) is 41.3. The van der Waals surface area contributed by atoms with Crippen molar-refractivity contribution in [1.82, 2.24) is 0 Å². The van der Waals surface area contributed by atoms with E-state index in [0.717, 1.165) is 54.6 Å². The predicted octanol–water partition coefficient (Wildman–Crippen LogP) is 3.09. The lowest BCUT2D eigenvalue weighted by atomic mass is 9.85. The third-order valence-corrected chi connectivity index (χ3v) is 11.3. The number of phenolic OH excluding ortho intramolecular Hbond substituents is 12. The van der Waals surface area contributed by atoms with Gasteiger partial charge in [0.2, 0.25) is 11.5 Å². The highest BCUT2D eigenvalue weighted by Crippen LogP contribution is 2.60. The maximum atomic E-state index is 14.0. The number of esters is 2. The molecule has 0 aromatic heterocycles. The van der Waals surface area contributed by atoms with Crippen LogP contribution in [0.3, 0.4) is 0 Å². The first-order valence-corrected chi connectivity index (χ1v) is 18.9. The molecule has 21 heteroatoms. The Balaban J connectivity index is 1.21. The van der Waals surface area contributed by atoms with Crippen LogP contribution in [0.15, 0.2) is 60.2 Å². The topological polar surface area (TPSA) is 360 Å². The van der Waals surface area contributed by atoms with Gasteiger partial charge in [0, 0.05) is 71.4 Å². The van der Waals surface area contributed by atoms with E-state index in [0.29, 0.717) is 0 Å². The minimum atomic E-state index is -2.98. The van der Waals surface area contributed by atoms with E-state index in [-0.39, 0.29) is 39.3 Å². The summed E-state index contributed by atoms with van der Waals surface area (Å²) in [5.74, 6) is -17.0. The number of Topliss-reactive ketones (excluding diaryl/α,β-unsaturated/α-hetero) is 1. The van der Waals surface area contributed by atoms with E-state index in [1.54, 1.807) is 0 Å². The van der Waals surface area contributed by atoms with Gasteiger partial charge in [-0.3, -0.25) is 4.79 Å². The molecule has 0 amide bonds. The SMILES string of the molecule is O=C(O[C@@H]1Cc2c(O)cc(O)cc2O[C@@H]1C1=C2c3c([C@H]4Oc5cc(O)cc(O)c5C[C@H]4OC(=O)c4cc(O)c(O)c(O)c4)cc(O)c(O)c3OC2(O)C(=O)C1)c1cc(O)c(O)c(O)c1. The molecule has 3 aliphatic heterocycles. The number of aromatic hydroxyl groups is 12. The van der Waals surface area contributed by atoms with Crippen LogP contribution in [0.2, 0.25) is 0 Å². The molecule has 0 saturated heterocycles. The predicted molar refractivity (Wildman–Crippen MR) is 208 cm³/mol. The number of ketones is 1. The monoisotopic (exact) mass is 884 g/mol. The zero-order chi connectivity index (χ0) is 45.8.